The van der Waals surface area contributed by atoms with Gasteiger partial charge in [0.1, 0.15) is 0 Å². The van der Waals surface area contributed by atoms with E-state index < -0.39 is 43.7 Å². The van der Waals surface area contributed by atoms with Crippen LogP contribution >= 0.6 is 8.17 Å². The number of aromatic nitrogens is 2. The number of nitrogens with one attached hydrogen (secondary N) is 1. The van der Waals surface area contributed by atoms with Crippen molar-refractivity contribution in [3.63, 3.8) is 0 Å². The Morgan fingerprint density at radius 3 is 2.85 bits per heavy atom. The molecule has 2 aliphatic heterocycles. The first-order chi connectivity index (χ1) is 12.9. The number of ether oxygens (including phenoxy) is 1. The van der Waals surface area contributed by atoms with Crippen LogP contribution in [-0.4, -0.2) is 39.9 Å². The summed E-state index contributed by atoms with van der Waals surface area (Å²) in [6, 6.07) is 0. The molecule has 152 valence electrons. The summed E-state index contributed by atoms with van der Waals surface area (Å²) in [5.41, 5.74) is -1.85. The number of fused-ring (bicyclic) bond motifs is 1. The molecule has 9 nitrogen and oxygen atoms in total. The third kappa shape index (κ3) is 4.16. The van der Waals surface area contributed by atoms with Crippen molar-refractivity contribution < 1.29 is 27.6 Å². The normalized spacial score (nSPS) is 32.1. The molecule has 1 aliphatic carbocycles. The van der Waals surface area contributed by atoms with Gasteiger partial charge in [-0.05, 0) is 0 Å². The molecule has 1 saturated carbocycles. The van der Waals surface area contributed by atoms with Crippen molar-refractivity contribution in [1.29, 1.82) is 0 Å². The van der Waals surface area contributed by atoms with Crippen molar-refractivity contribution in [2.75, 3.05) is 13.2 Å². The number of hydrogen-bond donors (Lipinski definition) is 2. The molecule has 0 unspecified atom stereocenters. The third-order valence-electron chi connectivity index (χ3n) is 5.37. The fraction of sp³-hybridized carbons (Fsp3) is 0.750. The van der Waals surface area contributed by atoms with E-state index in [4.69, 9.17) is 18.3 Å². The molecule has 3 aliphatic rings. The van der Waals surface area contributed by atoms with Crippen molar-refractivity contribution in [3.8, 4) is 0 Å². The van der Waals surface area contributed by atoms with Crippen LogP contribution in [0, 0.1) is 11.7 Å². The van der Waals surface area contributed by atoms with Crippen molar-refractivity contribution in [2.45, 2.75) is 57.0 Å². The van der Waals surface area contributed by atoms with Gasteiger partial charge in [-0.3, -0.25) is 0 Å². The number of nitrogens with zero attached hydrogens (tertiary/aromatic N) is 1. The second kappa shape index (κ2) is 7.69. The standard InChI is InChI=1S/C16H24FN2O7P/c17-11-7-19(16(21)18-15(11)20)14-6-12-13(25-14)9-24-27(22,26-12)23-8-10-4-2-1-3-5-10/h7,10,12-14,22,27H,1-6,8-9H2,(H,18,20,21)/t12-,13+,14+/m0/s1. The fourth-order valence-corrected chi connectivity index (χ4v) is 5.56. The van der Waals surface area contributed by atoms with E-state index >= 15 is 0 Å². The summed E-state index contributed by atoms with van der Waals surface area (Å²) < 4.78 is 36.9. The molecule has 0 bridgehead atoms. The molecule has 0 amide bonds. The molecule has 0 aromatic carbocycles. The zero-order chi connectivity index (χ0) is 19.0. The Hall–Kier alpha value is -1.16. The van der Waals surface area contributed by atoms with Crippen molar-refractivity contribution >= 4 is 8.17 Å². The molecule has 0 spiro atoms. The number of halogens is 1. The van der Waals surface area contributed by atoms with E-state index in [0.29, 0.717) is 12.5 Å². The first-order valence-electron chi connectivity index (χ1n) is 9.28. The molecule has 2 N–H and O–H groups in total. The summed E-state index contributed by atoms with van der Waals surface area (Å²) in [6.45, 7) is 0.462. The summed E-state index contributed by atoms with van der Waals surface area (Å²) in [4.78, 5) is 35.6. The van der Waals surface area contributed by atoms with Crippen LogP contribution < -0.4 is 11.2 Å². The summed E-state index contributed by atoms with van der Waals surface area (Å²) in [7, 11) is -3.77. The van der Waals surface area contributed by atoms with Crippen LogP contribution in [0.1, 0.15) is 44.8 Å². The first kappa shape index (κ1) is 19.2. The summed E-state index contributed by atoms with van der Waals surface area (Å²) >= 11 is 0. The molecule has 1 aromatic heterocycles. The average molecular weight is 406 g/mol. The monoisotopic (exact) mass is 406 g/mol. The van der Waals surface area contributed by atoms with Gasteiger partial charge in [-0.25, -0.2) is 0 Å². The van der Waals surface area contributed by atoms with Crippen LogP contribution in [-0.2, 0) is 18.3 Å². The molecule has 3 atom stereocenters. The molecule has 27 heavy (non-hydrogen) atoms. The molecule has 3 heterocycles. The van der Waals surface area contributed by atoms with Crippen molar-refractivity contribution in [2.24, 2.45) is 5.92 Å². The summed E-state index contributed by atoms with van der Waals surface area (Å²) in [5, 5.41) is 0. The van der Waals surface area contributed by atoms with Gasteiger partial charge in [-0.1, -0.05) is 0 Å². The number of hydrogen-bond acceptors (Lipinski definition) is 7. The molecule has 0 radical (unpaired) electrons. The third-order valence-corrected chi connectivity index (χ3v) is 7.04. The maximum absolute atomic E-state index is 13.5. The van der Waals surface area contributed by atoms with Gasteiger partial charge in [-0.2, -0.15) is 0 Å². The Morgan fingerprint density at radius 2 is 2.07 bits per heavy atom. The van der Waals surface area contributed by atoms with Gasteiger partial charge < -0.3 is 0 Å². The maximum atomic E-state index is 13.5. The topological polar surface area (TPSA) is 112 Å². The van der Waals surface area contributed by atoms with E-state index in [0.717, 1.165) is 23.6 Å². The predicted molar refractivity (Wildman–Crippen MR) is 93.7 cm³/mol. The Labute approximate surface area is 155 Å². The Morgan fingerprint density at radius 1 is 1.30 bits per heavy atom. The van der Waals surface area contributed by atoms with Crippen LogP contribution in [0.15, 0.2) is 15.8 Å². The second-order valence-corrected chi connectivity index (χ2v) is 9.18. The van der Waals surface area contributed by atoms with Crippen molar-refractivity contribution in [3.05, 3.63) is 32.9 Å². The molecule has 2 saturated heterocycles. The molecule has 1 aromatic rings. The molecule has 3 fully saturated rings. The van der Waals surface area contributed by atoms with E-state index in [1.165, 1.54) is 19.3 Å². The molecular weight excluding hydrogens is 382 g/mol. The summed E-state index contributed by atoms with van der Waals surface area (Å²) in [6.07, 6.45) is 4.87. The van der Waals surface area contributed by atoms with Gasteiger partial charge in [0.05, 0.1) is 0 Å². The number of H-pyrrole nitrogens is 1. The van der Waals surface area contributed by atoms with Crippen LogP contribution in [0.25, 0.3) is 0 Å². The van der Waals surface area contributed by atoms with Gasteiger partial charge in [0.2, 0.25) is 0 Å². The van der Waals surface area contributed by atoms with Crippen LogP contribution in [0.5, 0.6) is 0 Å². The quantitative estimate of drug-likeness (QED) is 0.727. The molecular formula is C16H24FN2O7P. The predicted octanol–water partition coefficient (Wildman–Crippen LogP) is 1.38. The first-order valence-corrected chi connectivity index (χ1v) is 11.0. The van der Waals surface area contributed by atoms with Crippen LogP contribution in [0.4, 0.5) is 4.39 Å². The average Bonchev–Trinajstić information content (AvgIpc) is 3.06. The van der Waals surface area contributed by atoms with Crippen LogP contribution in [0.2, 0.25) is 0 Å². The van der Waals surface area contributed by atoms with E-state index in [1.807, 2.05) is 4.98 Å². The van der Waals surface area contributed by atoms with Gasteiger partial charge in [0.25, 0.3) is 0 Å². The Bertz CT molecular complexity index is 796. The molecule has 11 heteroatoms. The fourth-order valence-electron chi connectivity index (χ4n) is 3.89. The van der Waals surface area contributed by atoms with Gasteiger partial charge in [-0.15, -0.1) is 0 Å². The van der Waals surface area contributed by atoms with E-state index in [2.05, 4.69) is 0 Å². The minimum absolute atomic E-state index is 0.0646. The second-order valence-electron chi connectivity index (χ2n) is 7.31. The minimum atomic E-state index is -3.77. The van der Waals surface area contributed by atoms with Gasteiger partial charge >= 0.3 is 154 Å². The van der Waals surface area contributed by atoms with Crippen molar-refractivity contribution in [1.82, 2.24) is 9.55 Å². The van der Waals surface area contributed by atoms with E-state index in [9.17, 15) is 18.9 Å². The van der Waals surface area contributed by atoms with Gasteiger partial charge in [0, 0.05) is 0 Å². The SMILES string of the molecule is O=c1[nH]c(=O)n([C@H]2C[C@@H]3O[PH](O)(OCC4CCCCC4)OC[C@H]3O2)cc1F. The van der Waals surface area contributed by atoms with Crippen LogP contribution in [0.3, 0.4) is 0 Å². The van der Waals surface area contributed by atoms with E-state index in [1.54, 1.807) is 0 Å². The summed E-state index contributed by atoms with van der Waals surface area (Å²) in [5.74, 6) is -0.678. The zero-order valence-corrected chi connectivity index (χ0v) is 15.8. The number of rotatable bonds is 4. The Balaban J connectivity index is 1.39. The van der Waals surface area contributed by atoms with Gasteiger partial charge in [0.15, 0.2) is 0 Å². The zero-order valence-electron chi connectivity index (χ0n) is 14.8. The number of aromatic amines is 1. The molecule has 4 rings (SSSR count). The van der Waals surface area contributed by atoms with E-state index in [-0.39, 0.29) is 13.0 Å². The Kier molecular flexibility index (Phi) is 5.46.